The molecule has 4 aromatic rings. The summed E-state index contributed by atoms with van der Waals surface area (Å²) < 4.78 is 7.93. The third-order valence-electron chi connectivity index (χ3n) is 4.30. The molecule has 0 saturated heterocycles. The van der Waals surface area contributed by atoms with Crippen molar-refractivity contribution in [3.05, 3.63) is 97.5 Å². The fraction of sp³-hybridized carbons (Fsp3) is 0.0476. The second-order valence-electron chi connectivity index (χ2n) is 6.36. The first-order valence-corrected chi connectivity index (χ1v) is 9.99. The second kappa shape index (κ2) is 8.64. The van der Waals surface area contributed by atoms with E-state index in [1.807, 2.05) is 24.3 Å². The van der Waals surface area contributed by atoms with Crippen molar-refractivity contribution in [1.29, 1.82) is 0 Å². The van der Waals surface area contributed by atoms with Gasteiger partial charge in [0.2, 0.25) is 5.43 Å². The fourth-order valence-electron chi connectivity index (χ4n) is 2.88. The van der Waals surface area contributed by atoms with E-state index in [4.69, 9.17) is 16.0 Å². The summed E-state index contributed by atoms with van der Waals surface area (Å²) in [5.74, 6) is -0.452. The Bertz CT molecular complexity index is 1330. The standard InChI is InChI=1S/C21H14BrClN4O3/c22-15-3-1-2-13(8-15)11-27-18(6-7-25-27)21(29)26-24-10-14-12-30-19-5-4-16(23)9-17(19)20(14)28/h1-10,12H,11H2,(H,26,29)/b24-10+. The number of amides is 1. The zero-order valence-corrected chi connectivity index (χ0v) is 17.7. The number of rotatable bonds is 5. The predicted molar refractivity (Wildman–Crippen MR) is 118 cm³/mol. The number of hydrazone groups is 1. The molecular weight excluding hydrogens is 472 g/mol. The van der Waals surface area contributed by atoms with Crippen LogP contribution >= 0.6 is 27.5 Å². The van der Waals surface area contributed by atoms with Gasteiger partial charge in [-0.3, -0.25) is 14.3 Å². The van der Waals surface area contributed by atoms with Crippen molar-refractivity contribution in [2.45, 2.75) is 6.54 Å². The van der Waals surface area contributed by atoms with Crippen LogP contribution in [0, 0.1) is 0 Å². The Balaban J connectivity index is 1.50. The molecule has 4 rings (SSSR count). The Hall–Kier alpha value is -3.23. The number of hydrogen-bond donors (Lipinski definition) is 1. The lowest BCUT2D eigenvalue weighted by Crippen LogP contribution is -2.22. The molecule has 0 saturated carbocycles. The number of carbonyl (C=O) groups excluding carboxylic acids is 1. The molecule has 9 heteroatoms. The van der Waals surface area contributed by atoms with Gasteiger partial charge < -0.3 is 4.42 Å². The third-order valence-corrected chi connectivity index (χ3v) is 5.03. The summed E-state index contributed by atoms with van der Waals surface area (Å²) in [6, 6.07) is 14.1. The van der Waals surface area contributed by atoms with Crippen molar-refractivity contribution < 1.29 is 9.21 Å². The van der Waals surface area contributed by atoms with Crippen molar-refractivity contribution in [2.75, 3.05) is 0 Å². The summed E-state index contributed by atoms with van der Waals surface area (Å²) in [6.07, 6.45) is 4.06. The van der Waals surface area contributed by atoms with Crippen LogP contribution in [-0.4, -0.2) is 21.9 Å². The molecule has 0 fully saturated rings. The molecule has 0 aliphatic rings. The Labute approximate surface area is 184 Å². The molecule has 0 spiro atoms. The smallest absolute Gasteiger partial charge is 0.289 e. The van der Waals surface area contributed by atoms with Crippen molar-refractivity contribution in [1.82, 2.24) is 15.2 Å². The van der Waals surface area contributed by atoms with Crippen molar-refractivity contribution in [3.8, 4) is 0 Å². The molecule has 1 amide bonds. The molecule has 2 aromatic heterocycles. The van der Waals surface area contributed by atoms with Crippen LogP contribution in [0.2, 0.25) is 5.02 Å². The third kappa shape index (κ3) is 4.34. The van der Waals surface area contributed by atoms with Gasteiger partial charge in [0.15, 0.2) is 0 Å². The quantitative estimate of drug-likeness (QED) is 0.339. The molecule has 0 aliphatic heterocycles. The van der Waals surface area contributed by atoms with E-state index in [1.165, 1.54) is 24.7 Å². The number of fused-ring (bicyclic) bond motifs is 1. The normalized spacial score (nSPS) is 11.3. The van der Waals surface area contributed by atoms with Crippen molar-refractivity contribution in [2.24, 2.45) is 5.10 Å². The highest BCUT2D eigenvalue weighted by atomic mass is 79.9. The van der Waals surface area contributed by atoms with Gasteiger partial charge in [-0.1, -0.05) is 39.7 Å². The largest absolute Gasteiger partial charge is 0.463 e. The number of aromatic nitrogens is 2. The Morgan fingerprint density at radius 2 is 2.13 bits per heavy atom. The summed E-state index contributed by atoms with van der Waals surface area (Å²) in [4.78, 5) is 25.0. The molecular formula is C21H14BrClN4O3. The number of halogens is 2. The van der Waals surface area contributed by atoms with Gasteiger partial charge in [0, 0.05) is 15.7 Å². The lowest BCUT2D eigenvalue weighted by molar-refractivity contribution is 0.0945. The van der Waals surface area contributed by atoms with Crippen LogP contribution in [0.25, 0.3) is 11.0 Å². The number of nitrogens with one attached hydrogen (secondary N) is 1. The highest BCUT2D eigenvalue weighted by Crippen LogP contribution is 2.17. The lowest BCUT2D eigenvalue weighted by atomic mass is 10.2. The minimum absolute atomic E-state index is 0.188. The van der Waals surface area contributed by atoms with Gasteiger partial charge in [-0.15, -0.1) is 0 Å². The number of nitrogens with zero attached hydrogens (tertiary/aromatic N) is 3. The minimum Gasteiger partial charge on any atom is -0.463 e. The van der Waals surface area contributed by atoms with E-state index in [1.54, 1.807) is 22.9 Å². The minimum atomic E-state index is -0.452. The lowest BCUT2D eigenvalue weighted by Gasteiger charge is -2.07. The first-order valence-electron chi connectivity index (χ1n) is 8.82. The molecule has 7 nitrogen and oxygen atoms in total. The van der Waals surface area contributed by atoms with Crippen LogP contribution in [-0.2, 0) is 6.54 Å². The monoisotopic (exact) mass is 484 g/mol. The van der Waals surface area contributed by atoms with Gasteiger partial charge in [0.25, 0.3) is 5.91 Å². The maximum atomic E-state index is 12.5. The summed E-state index contributed by atoms with van der Waals surface area (Å²) in [5.41, 5.74) is 4.04. The van der Waals surface area contributed by atoms with Crippen LogP contribution < -0.4 is 10.9 Å². The van der Waals surface area contributed by atoms with Gasteiger partial charge in [0.1, 0.15) is 17.5 Å². The summed E-state index contributed by atoms with van der Waals surface area (Å²) in [5, 5.41) is 8.84. The SMILES string of the molecule is O=C(N/N=C/c1coc2ccc(Cl)cc2c1=O)c1ccnn1Cc1cccc(Br)c1. The predicted octanol–water partition coefficient (Wildman–Crippen LogP) is 4.22. The van der Waals surface area contributed by atoms with Gasteiger partial charge >= 0.3 is 0 Å². The zero-order chi connectivity index (χ0) is 21.1. The molecule has 2 aromatic carbocycles. The van der Waals surface area contributed by atoms with E-state index in [-0.39, 0.29) is 11.0 Å². The molecule has 30 heavy (non-hydrogen) atoms. The van der Waals surface area contributed by atoms with E-state index >= 15 is 0 Å². The number of carbonyl (C=O) groups is 1. The van der Waals surface area contributed by atoms with E-state index in [2.05, 4.69) is 31.6 Å². The Morgan fingerprint density at radius 3 is 2.97 bits per heavy atom. The van der Waals surface area contributed by atoms with Gasteiger partial charge in [-0.25, -0.2) is 5.43 Å². The maximum absolute atomic E-state index is 12.5. The molecule has 1 N–H and O–H groups in total. The number of hydrogen-bond acceptors (Lipinski definition) is 5. The van der Waals surface area contributed by atoms with Crippen molar-refractivity contribution in [3.63, 3.8) is 0 Å². The molecule has 0 unspecified atom stereocenters. The molecule has 0 aliphatic carbocycles. The van der Waals surface area contributed by atoms with Crippen LogP contribution in [0.4, 0.5) is 0 Å². The zero-order valence-electron chi connectivity index (χ0n) is 15.4. The molecule has 0 atom stereocenters. The Morgan fingerprint density at radius 1 is 1.27 bits per heavy atom. The average Bonchev–Trinajstić information content (AvgIpc) is 3.18. The average molecular weight is 486 g/mol. The van der Waals surface area contributed by atoms with E-state index in [0.29, 0.717) is 28.2 Å². The summed E-state index contributed by atoms with van der Waals surface area (Å²) in [7, 11) is 0. The molecule has 150 valence electrons. The first-order chi connectivity index (χ1) is 14.5. The highest BCUT2D eigenvalue weighted by Gasteiger charge is 2.12. The van der Waals surface area contributed by atoms with Crippen LogP contribution in [0.3, 0.4) is 0 Å². The molecule has 0 radical (unpaired) electrons. The second-order valence-corrected chi connectivity index (χ2v) is 7.72. The van der Waals surface area contributed by atoms with Crippen LogP contribution in [0.1, 0.15) is 21.6 Å². The van der Waals surface area contributed by atoms with E-state index < -0.39 is 5.91 Å². The molecule has 2 heterocycles. The molecule has 0 bridgehead atoms. The van der Waals surface area contributed by atoms with Crippen LogP contribution in [0.5, 0.6) is 0 Å². The Kier molecular flexibility index (Phi) is 5.78. The van der Waals surface area contributed by atoms with Gasteiger partial charge in [0.05, 0.1) is 23.7 Å². The topological polar surface area (TPSA) is 89.5 Å². The van der Waals surface area contributed by atoms with Gasteiger partial charge in [-0.2, -0.15) is 10.2 Å². The van der Waals surface area contributed by atoms with Gasteiger partial charge in [-0.05, 0) is 42.0 Å². The highest BCUT2D eigenvalue weighted by molar-refractivity contribution is 9.10. The summed E-state index contributed by atoms with van der Waals surface area (Å²) in [6.45, 7) is 0.425. The van der Waals surface area contributed by atoms with Crippen LogP contribution in [0.15, 0.2) is 79.8 Å². The first kappa shape index (κ1) is 20.1. The van der Waals surface area contributed by atoms with E-state index in [0.717, 1.165) is 10.0 Å². The number of benzene rings is 2. The van der Waals surface area contributed by atoms with E-state index in [9.17, 15) is 9.59 Å². The maximum Gasteiger partial charge on any atom is 0.289 e. The summed E-state index contributed by atoms with van der Waals surface area (Å²) >= 11 is 9.37. The fourth-order valence-corrected chi connectivity index (χ4v) is 3.50. The van der Waals surface area contributed by atoms with Crippen molar-refractivity contribution >= 4 is 50.6 Å².